The monoisotopic (exact) mass is 259 g/mol. The smallest absolute Gasteiger partial charge is 0.336 e. The van der Waals surface area contributed by atoms with Crippen LogP contribution in [0, 0.1) is 6.92 Å². The molecule has 0 spiro atoms. The number of fused-ring (bicyclic) bond motifs is 1. The summed E-state index contributed by atoms with van der Waals surface area (Å²) in [7, 11) is 0. The number of carboxylic acid groups (broad SMARTS) is 1. The highest BCUT2D eigenvalue weighted by Gasteiger charge is 2.22. The molecule has 19 heavy (non-hydrogen) atoms. The topological polar surface area (TPSA) is 42.2 Å². The normalized spacial score (nSPS) is 11.7. The number of benzene rings is 1. The van der Waals surface area contributed by atoms with Crippen molar-refractivity contribution in [2.75, 3.05) is 0 Å². The van der Waals surface area contributed by atoms with Crippen molar-refractivity contribution in [1.29, 1.82) is 0 Å². The van der Waals surface area contributed by atoms with E-state index in [1.165, 1.54) is 5.69 Å². The molecule has 1 heterocycles. The lowest BCUT2D eigenvalue weighted by molar-refractivity contribution is 0.0699. The highest BCUT2D eigenvalue weighted by molar-refractivity contribution is 6.05. The fraction of sp³-hybridized carbons (Fsp3) is 0.438. The van der Waals surface area contributed by atoms with Gasteiger partial charge in [0.25, 0.3) is 0 Å². The molecule has 0 unspecified atom stereocenters. The summed E-state index contributed by atoms with van der Waals surface area (Å²) >= 11 is 0. The Bertz CT molecular complexity index is 636. The van der Waals surface area contributed by atoms with Crippen LogP contribution >= 0.6 is 0 Å². The Kier molecular flexibility index (Phi) is 3.40. The van der Waals surface area contributed by atoms with Crippen LogP contribution in [-0.2, 0) is 0 Å². The lowest BCUT2D eigenvalue weighted by Gasteiger charge is -2.13. The first-order valence-electron chi connectivity index (χ1n) is 6.73. The quantitative estimate of drug-likeness (QED) is 0.890. The minimum absolute atomic E-state index is 0.308. The zero-order chi connectivity index (χ0) is 14.3. The molecule has 0 amide bonds. The first-order valence-corrected chi connectivity index (χ1v) is 6.73. The molecular weight excluding hydrogens is 238 g/mol. The van der Waals surface area contributed by atoms with Crippen molar-refractivity contribution in [2.45, 2.75) is 46.6 Å². The van der Waals surface area contributed by atoms with Crippen LogP contribution in [0.1, 0.15) is 61.3 Å². The van der Waals surface area contributed by atoms with Crippen LogP contribution < -0.4 is 0 Å². The Balaban J connectivity index is 2.98. The number of aromatic carboxylic acids is 1. The Morgan fingerprint density at radius 3 is 2.32 bits per heavy atom. The van der Waals surface area contributed by atoms with Crippen molar-refractivity contribution in [2.24, 2.45) is 0 Å². The number of hydrogen-bond donors (Lipinski definition) is 1. The van der Waals surface area contributed by atoms with E-state index < -0.39 is 5.97 Å². The Labute approximate surface area is 113 Å². The summed E-state index contributed by atoms with van der Waals surface area (Å²) in [5.41, 5.74) is 3.76. The maximum Gasteiger partial charge on any atom is 0.336 e. The highest BCUT2D eigenvalue weighted by atomic mass is 16.4. The molecule has 2 rings (SSSR count). The summed E-state index contributed by atoms with van der Waals surface area (Å²) in [6.07, 6.45) is 0. The van der Waals surface area contributed by atoms with Gasteiger partial charge in [-0.15, -0.1) is 0 Å². The van der Waals surface area contributed by atoms with Gasteiger partial charge >= 0.3 is 5.97 Å². The van der Waals surface area contributed by atoms with Crippen LogP contribution in [0.2, 0.25) is 0 Å². The third-order valence-electron chi connectivity index (χ3n) is 3.65. The average Bonchev–Trinajstić information content (AvgIpc) is 2.59. The molecule has 0 fully saturated rings. The first-order chi connectivity index (χ1) is 8.86. The SMILES string of the molecule is Cc1c(C(C)C)c2c(C(=O)O)cccc2n1C(C)C. The molecule has 1 aromatic heterocycles. The minimum atomic E-state index is -0.853. The zero-order valence-corrected chi connectivity index (χ0v) is 12.2. The predicted molar refractivity (Wildman–Crippen MR) is 78.1 cm³/mol. The molecule has 0 saturated heterocycles. The summed E-state index contributed by atoms with van der Waals surface area (Å²) in [4.78, 5) is 11.5. The fourth-order valence-electron chi connectivity index (χ4n) is 3.07. The van der Waals surface area contributed by atoms with Crippen LogP contribution in [0.5, 0.6) is 0 Å². The van der Waals surface area contributed by atoms with E-state index in [1.54, 1.807) is 6.07 Å². The standard InChI is InChI=1S/C16H21NO2/c1-9(2)14-11(5)17(10(3)4)13-8-6-7-12(15(13)14)16(18)19/h6-10H,1-5H3,(H,18,19). The molecular formula is C16H21NO2. The largest absolute Gasteiger partial charge is 0.478 e. The van der Waals surface area contributed by atoms with E-state index in [-0.39, 0.29) is 0 Å². The molecule has 0 radical (unpaired) electrons. The van der Waals surface area contributed by atoms with Gasteiger partial charge in [0.2, 0.25) is 0 Å². The van der Waals surface area contributed by atoms with Gasteiger partial charge in [0.1, 0.15) is 0 Å². The molecule has 3 heteroatoms. The summed E-state index contributed by atoms with van der Waals surface area (Å²) in [6, 6.07) is 5.86. The van der Waals surface area contributed by atoms with Crippen molar-refractivity contribution in [3.8, 4) is 0 Å². The summed E-state index contributed by atoms with van der Waals surface area (Å²) in [6.45, 7) is 10.6. The average molecular weight is 259 g/mol. The maximum absolute atomic E-state index is 11.5. The highest BCUT2D eigenvalue weighted by Crippen LogP contribution is 2.35. The van der Waals surface area contributed by atoms with Gasteiger partial charge in [0.05, 0.1) is 5.56 Å². The molecule has 0 aliphatic heterocycles. The fourth-order valence-corrected chi connectivity index (χ4v) is 3.07. The molecule has 1 aromatic carbocycles. The van der Waals surface area contributed by atoms with Gasteiger partial charge in [-0.25, -0.2) is 4.79 Å². The second-order valence-corrected chi connectivity index (χ2v) is 5.62. The van der Waals surface area contributed by atoms with E-state index in [0.717, 1.165) is 16.5 Å². The molecule has 0 atom stereocenters. The van der Waals surface area contributed by atoms with Gasteiger partial charge in [0.15, 0.2) is 0 Å². The van der Waals surface area contributed by atoms with E-state index in [9.17, 15) is 9.90 Å². The number of hydrogen-bond acceptors (Lipinski definition) is 1. The second-order valence-electron chi connectivity index (χ2n) is 5.62. The molecule has 0 saturated carbocycles. The number of carboxylic acids is 1. The van der Waals surface area contributed by atoms with Crippen molar-refractivity contribution in [3.63, 3.8) is 0 Å². The summed E-state index contributed by atoms with van der Waals surface area (Å²) in [5.74, 6) is -0.545. The summed E-state index contributed by atoms with van der Waals surface area (Å²) < 4.78 is 2.23. The zero-order valence-electron chi connectivity index (χ0n) is 12.2. The van der Waals surface area contributed by atoms with Crippen molar-refractivity contribution < 1.29 is 9.90 Å². The maximum atomic E-state index is 11.5. The van der Waals surface area contributed by atoms with Crippen LogP contribution in [0.4, 0.5) is 0 Å². The number of carbonyl (C=O) groups is 1. The molecule has 0 aliphatic rings. The van der Waals surface area contributed by atoms with Gasteiger partial charge in [0, 0.05) is 22.6 Å². The van der Waals surface area contributed by atoms with E-state index in [2.05, 4.69) is 39.2 Å². The van der Waals surface area contributed by atoms with E-state index in [1.807, 2.05) is 12.1 Å². The third-order valence-corrected chi connectivity index (χ3v) is 3.65. The van der Waals surface area contributed by atoms with Crippen molar-refractivity contribution in [3.05, 3.63) is 35.0 Å². The van der Waals surface area contributed by atoms with Crippen molar-refractivity contribution in [1.82, 2.24) is 4.57 Å². The second kappa shape index (κ2) is 4.72. The van der Waals surface area contributed by atoms with Crippen LogP contribution in [0.3, 0.4) is 0 Å². The van der Waals surface area contributed by atoms with Crippen LogP contribution in [0.15, 0.2) is 18.2 Å². The third kappa shape index (κ3) is 2.03. The van der Waals surface area contributed by atoms with Crippen molar-refractivity contribution >= 4 is 16.9 Å². The van der Waals surface area contributed by atoms with Gasteiger partial charge < -0.3 is 9.67 Å². The first kappa shape index (κ1) is 13.7. The van der Waals surface area contributed by atoms with Gasteiger partial charge in [-0.2, -0.15) is 0 Å². The van der Waals surface area contributed by atoms with E-state index >= 15 is 0 Å². The number of aromatic nitrogens is 1. The van der Waals surface area contributed by atoms with Crippen LogP contribution in [0.25, 0.3) is 10.9 Å². The summed E-state index contributed by atoms with van der Waals surface area (Å²) in [5, 5.41) is 10.3. The Hall–Kier alpha value is -1.77. The van der Waals surface area contributed by atoms with Gasteiger partial charge in [-0.1, -0.05) is 19.9 Å². The van der Waals surface area contributed by atoms with E-state index in [4.69, 9.17) is 0 Å². The number of nitrogens with zero attached hydrogens (tertiary/aromatic N) is 1. The Morgan fingerprint density at radius 1 is 1.21 bits per heavy atom. The lowest BCUT2D eigenvalue weighted by atomic mass is 9.96. The van der Waals surface area contributed by atoms with Crippen LogP contribution in [-0.4, -0.2) is 15.6 Å². The van der Waals surface area contributed by atoms with Gasteiger partial charge in [-0.3, -0.25) is 0 Å². The molecule has 102 valence electrons. The lowest BCUT2D eigenvalue weighted by Crippen LogP contribution is -2.03. The van der Waals surface area contributed by atoms with E-state index in [0.29, 0.717) is 17.5 Å². The molecule has 3 nitrogen and oxygen atoms in total. The Morgan fingerprint density at radius 2 is 1.84 bits per heavy atom. The molecule has 0 bridgehead atoms. The predicted octanol–water partition coefficient (Wildman–Crippen LogP) is 4.35. The molecule has 0 aliphatic carbocycles. The number of rotatable bonds is 3. The molecule has 1 N–H and O–H groups in total. The minimum Gasteiger partial charge on any atom is -0.478 e. The molecule has 2 aromatic rings. The van der Waals surface area contributed by atoms with Gasteiger partial charge in [-0.05, 0) is 44.4 Å².